The maximum atomic E-state index is 3.46. The van der Waals surface area contributed by atoms with E-state index in [1.807, 2.05) is 11.3 Å². The zero-order valence-electron chi connectivity index (χ0n) is 7.47. The van der Waals surface area contributed by atoms with Crippen LogP contribution in [-0.2, 0) is 0 Å². The van der Waals surface area contributed by atoms with E-state index in [-0.39, 0.29) is 0 Å². The number of hydrogen-bond donors (Lipinski definition) is 1. The maximum absolute atomic E-state index is 3.46. The summed E-state index contributed by atoms with van der Waals surface area (Å²) in [6.45, 7) is 4.61. The Labute approximate surface area is 77.8 Å². The largest absolute Gasteiger partial charge is 0.316 e. The molecule has 1 aliphatic heterocycles. The first-order chi connectivity index (χ1) is 5.88. The Morgan fingerprint density at radius 3 is 3.08 bits per heavy atom. The minimum absolute atomic E-state index is 0.791. The fraction of sp³-hybridized carbons (Fsp3) is 0.600. The lowest BCUT2D eigenvalue weighted by atomic mass is 9.96. The van der Waals surface area contributed by atoms with Gasteiger partial charge in [0.05, 0.1) is 0 Å². The number of piperidine rings is 1. The van der Waals surface area contributed by atoms with Crippen LogP contribution in [-0.4, -0.2) is 13.1 Å². The second-order valence-electron chi connectivity index (χ2n) is 3.51. The standard InChI is InChI=1S/C10H15NS/c1-8-4-6-12-10(8)9-3-2-5-11-7-9/h4,6,9,11H,2-3,5,7H2,1H3/t9-/m1/s1. The van der Waals surface area contributed by atoms with Crippen LogP contribution in [0.4, 0.5) is 0 Å². The molecule has 2 heterocycles. The van der Waals surface area contributed by atoms with Gasteiger partial charge in [0.1, 0.15) is 0 Å². The van der Waals surface area contributed by atoms with Gasteiger partial charge in [0.2, 0.25) is 0 Å². The molecule has 0 bridgehead atoms. The summed E-state index contributed by atoms with van der Waals surface area (Å²) in [4.78, 5) is 1.60. The second-order valence-corrected chi connectivity index (χ2v) is 4.46. The molecule has 1 saturated heterocycles. The molecule has 0 aliphatic carbocycles. The van der Waals surface area contributed by atoms with Crippen LogP contribution >= 0.6 is 11.3 Å². The molecule has 1 nitrogen and oxygen atoms in total. The molecule has 0 aromatic carbocycles. The molecule has 1 N–H and O–H groups in total. The Morgan fingerprint density at radius 2 is 2.50 bits per heavy atom. The van der Waals surface area contributed by atoms with Crippen molar-refractivity contribution in [2.75, 3.05) is 13.1 Å². The molecule has 2 heteroatoms. The average molecular weight is 181 g/mol. The average Bonchev–Trinajstić information content (AvgIpc) is 2.53. The number of aryl methyl sites for hydroxylation is 1. The van der Waals surface area contributed by atoms with Crippen LogP contribution in [0.5, 0.6) is 0 Å². The maximum Gasteiger partial charge on any atom is 0.0118 e. The van der Waals surface area contributed by atoms with Gasteiger partial charge in [0.15, 0.2) is 0 Å². The van der Waals surface area contributed by atoms with Crippen molar-refractivity contribution in [2.45, 2.75) is 25.7 Å². The predicted molar refractivity (Wildman–Crippen MR) is 53.9 cm³/mol. The Balaban J connectivity index is 2.13. The van der Waals surface area contributed by atoms with Crippen molar-refractivity contribution in [3.8, 4) is 0 Å². The summed E-state index contributed by atoms with van der Waals surface area (Å²) < 4.78 is 0. The molecule has 0 unspecified atom stereocenters. The molecule has 66 valence electrons. The summed E-state index contributed by atoms with van der Waals surface area (Å²) in [6.07, 6.45) is 2.70. The van der Waals surface area contributed by atoms with E-state index in [4.69, 9.17) is 0 Å². The highest BCUT2D eigenvalue weighted by molar-refractivity contribution is 7.10. The molecule has 0 saturated carbocycles. The first-order valence-electron chi connectivity index (χ1n) is 4.62. The van der Waals surface area contributed by atoms with Gasteiger partial charge in [0, 0.05) is 17.3 Å². The monoisotopic (exact) mass is 181 g/mol. The van der Waals surface area contributed by atoms with Crippen LogP contribution in [0.2, 0.25) is 0 Å². The minimum atomic E-state index is 0.791. The lowest BCUT2D eigenvalue weighted by Gasteiger charge is -2.22. The van der Waals surface area contributed by atoms with Gasteiger partial charge in [-0.3, -0.25) is 0 Å². The number of rotatable bonds is 1. The van der Waals surface area contributed by atoms with E-state index in [2.05, 4.69) is 23.7 Å². The Morgan fingerprint density at radius 1 is 1.58 bits per heavy atom. The van der Waals surface area contributed by atoms with Crippen LogP contribution in [0, 0.1) is 6.92 Å². The molecule has 0 radical (unpaired) electrons. The van der Waals surface area contributed by atoms with E-state index in [1.165, 1.54) is 31.5 Å². The molecule has 1 aromatic rings. The van der Waals surface area contributed by atoms with Gasteiger partial charge in [-0.1, -0.05) is 0 Å². The van der Waals surface area contributed by atoms with Gasteiger partial charge in [-0.2, -0.15) is 0 Å². The minimum Gasteiger partial charge on any atom is -0.316 e. The highest BCUT2D eigenvalue weighted by Crippen LogP contribution is 2.29. The molecule has 1 fully saturated rings. The van der Waals surface area contributed by atoms with Crippen molar-refractivity contribution in [1.29, 1.82) is 0 Å². The summed E-state index contributed by atoms with van der Waals surface area (Å²) in [5.74, 6) is 0.791. The van der Waals surface area contributed by atoms with Gasteiger partial charge in [-0.15, -0.1) is 11.3 Å². The molecular formula is C10H15NS. The molecule has 2 rings (SSSR count). The van der Waals surface area contributed by atoms with Crippen LogP contribution < -0.4 is 5.32 Å². The van der Waals surface area contributed by atoms with E-state index >= 15 is 0 Å². The van der Waals surface area contributed by atoms with Crippen molar-refractivity contribution < 1.29 is 0 Å². The summed E-state index contributed by atoms with van der Waals surface area (Å²) in [6, 6.07) is 2.23. The third-order valence-corrected chi connectivity index (χ3v) is 3.75. The number of thiophene rings is 1. The second kappa shape index (κ2) is 3.58. The highest BCUT2D eigenvalue weighted by Gasteiger charge is 2.17. The van der Waals surface area contributed by atoms with E-state index in [9.17, 15) is 0 Å². The van der Waals surface area contributed by atoms with Gasteiger partial charge in [-0.25, -0.2) is 0 Å². The van der Waals surface area contributed by atoms with Crippen LogP contribution in [0.3, 0.4) is 0 Å². The quantitative estimate of drug-likeness (QED) is 0.702. The van der Waals surface area contributed by atoms with Gasteiger partial charge in [-0.05, 0) is 43.3 Å². The van der Waals surface area contributed by atoms with Crippen LogP contribution in [0.25, 0.3) is 0 Å². The van der Waals surface area contributed by atoms with Gasteiger partial charge in [0.25, 0.3) is 0 Å². The van der Waals surface area contributed by atoms with E-state index < -0.39 is 0 Å². The zero-order chi connectivity index (χ0) is 8.39. The predicted octanol–water partition coefficient (Wildman–Crippen LogP) is 2.52. The van der Waals surface area contributed by atoms with Crippen molar-refractivity contribution >= 4 is 11.3 Å². The summed E-state index contributed by atoms with van der Waals surface area (Å²) in [7, 11) is 0. The molecule has 1 aliphatic rings. The normalized spacial score (nSPS) is 24.2. The summed E-state index contributed by atoms with van der Waals surface area (Å²) in [5, 5.41) is 5.66. The van der Waals surface area contributed by atoms with E-state index in [0.717, 1.165) is 5.92 Å². The van der Waals surface area contributed by atoms with E-state index in [0.29, 0.717) is 0 Å². The van der Waals surface area contributed by atoms with Crippen molar-refractivity contribution in [3.63, 3.8) is 0 Å². The lowest BCUT2D eigenvalue weighted by Crippen LogP contribution is -2.28. The molecule has 12 heavy (non-hydrogen) atoms. The van der Waals surface area contributed by atoms with Crippen LogP contribution in [0.1, 0.15) is 29.2 Å². The zero-order valence-corrected chi connectivity index (χ0v) is 8.29. The topological polar surface area (TPSA) is 12.0 Å². The third kappa shape index (κ3) is 1.54. The van der Waals surface area contributed by atoms with E-state index in [1.54, 1.807) is 4.88 Å². The van der Waals surface area contributed by atoms with Gasteiger partial charge < -0.3 is 5.32 Å². The van der Waals surface area contributed by atoms with Crippen molar-refractivity contribution in [1.82, 2.24) is 5.32 Å². The molecule has 0 amide bonds. The highest BCUT2D eigenvalue weighted by atomic mass is 32.1. The van der Waals surface area contributed by atoms with Crippen molar-refractivity contribution in [2.24, 2.45) is 0 Å². The van der Waals surface area contributed by atoms with Gasteiger partial charge >= 0.3 is 0 Å². The smallest absolute Gasteiger partial charge is 0.0118 e. The SMILES string of the molecule is Cc1ccsc1[C@@H]1CCCNC1. The summed E-state index contributed by atoms with van der Waals surface area (Å²) >= 11 is 1.92. The first-order valence-corrected chi connectivity index (χ1v) is 5.50. The Bertz CT molecular complexity index is 248. The molecule has 1 atom stereocenters. The van der Waals surface area contributed by atoms with Crippen LogP contribution in [0.15, 0.2) is 11.4 Å². The lowest BCUT2D eigenvalue weighted by molar-refractivity contribution is 0.465. The third-order valence-electron chi connectivity index (χ3n) is 2.57. The molecule has 1 aromatic heterocycles. The Kier molecular flexibility index (Phi) is 2.47. The molecule has 0 spiro atoms. The summed E-state index contributed by atoms with van der Waals surface area (Å²) in [5.41, 5.74) is 1.48. The molecular weight excluding hydrogens is 166 g/mol. The first kappa shape index (κ1) is 8.27. The Hall–Kier alpha value is -0.340. The number of hydrogen-bond acceptors (Lipinski definition) is 2. The fourth-order valence-corrected chi connectivity index (χ4v) is 2.94. The van der Waals surface area contributed by atoms with Crippen molar-refractivity contribution in [3.05, 3.63) is 21.9 Å². The number of nitrogens with one attached hydrogen (secondary N) is 1. The fourth-order valence-electron chi connectivity index (χ4n) is 1.88.